The van der Waals surface area contributed by atoms with Crippen molar-refractivity contribution in [3.8, 4) is 6.07 Å². The van der Waals surface area contributed by atoms with Crippen LogP contribution in [0.15, 0.2) is 34.0 Å². The number of carbonyl (C=O) groups is 1. The van der Waals surface area contributed by atoms with Crippen LogP contribution >= 0.6 is 35.6 Å². The van der Waals surface area contributed by atoms with Gasteiger partial charge in [0.05, 0.1) is 11.4 Å². The molecule has 0 saturated carbocycles. The van der Waals surface area contributed by atoms with Crippen LogP contribution in [0.1, 0.15) is 48.4 Å². The molecule has 176 valence electrons. The fourth-order valence-electron chi connectivity index (χ4n) is 4.41. The molecular weight excluding hydrogens is 488 g/mol. The maximum atomic E-state index is 13.4. The number of pyridine rings is 1. The van der Waals surface area contributed by atoms with Gasteiger partial charge in [-0.15, -0.1) is 0 Å². The van der Waals surface area contributed by atoms with Crippen molar-refractivity contribution in [2.75, 3.05) is 18.0 Å². The number of rotatable bonds is 6. The maximum Gasteiger partial charge on any atom is 0.270 e. The van der Waals surface area contributed by atoms with E-state index in [2.05, 4.69) is 11.0 Å². The van der Waals surface area contributed by atoms with Crippen molar-refractivity contribution in [1.82, 2.24) is 9.47 Å². The molecule has 4 rings (SSSR count). The molecule has 2 saturated heterocycles. The molecular formula is C25H25ClN4O2S2. The van der Waals surface area contributed by atoms with Gasteiger partial charge in [-0.3, -0.25) is 19.1 Å². The van der Waals surface area contributed by atoms with Crippen LogP contribution in [0.25, 0.3) is 6.08 Å². The molecule has 0 bridgehead atoms. The van der Waals surface area contributed by atoms with E-state index >= 15 is 0 Å². The van der Waals surface area contributed by atoms with E-state index in [-0.39, 0.29) is 17.0 Å². The number of thioether (sulfide) groups is 1. The van der Waals surface area contributed by atoms with E-state index in [0.717, 1.165) is 49.3 Å². The number of halogens is 1. The predicted molar refractivity (Wildman–Crippen MR) is 142 cm³/mol. The van der Waals surface area contributed by atoms with Gasteiger partial charge >= 0.3 is 0 Å². The molecule has 3 heterocycles. The molecule has 34 heavy (non-hydrogen) atoms. The van der Waals surface area contributed by atoms with E-state index in [4.69, 9.17) is 23.8 Å². The minimum atomic E-state index is -0.271. The fraction of sp³-hybridized carbons (Fsp3) is 0.360. The summed E-state index contributed by atoms with van der Waals surface area (Å²) in [6, 6.07) is 9.47. The van der Waals surface area contributed by atoms with Gasteiger partial charge in [0, 0.05) is 30.2 Å². The molecule has 0 radical (unpaired) electrons. The van der Waals surface area contributed by atoms with Crippen molar-refractivity contribution < 1.29 is 4.79 Å². The molecule has 0 unspecified atom stereocenters. The molecule has 6 nitrogen and oxygen atoms in total. The number of benzene rings is 1. The Morgan fingerprint density at radius 3 is 2.59 bits per heavy atom. The molecule has 0 spiro atoms. The molecule has 0 N–H and O–H groups in total. The SMILES string of the molecule is CCCn1c(N2CCCC2)c(C=C2SC(=S)N(Cc3ccccc3Cl)C2=O)c(C)c(C#N)c1=O. The van der Waals surface area contributed by atoms with E-state index in [0.29, 0.717) is 32.9 Å². The van der Waals surface area contributed by atoms with Crippen LogP contribution in [-0.2, 0) is 17.9 Å². The largest absolute Gasteiger partial charge is 0.357 e. The lowest BCUT2D eigenvalue weighted by molar-refractivity contribution is -0.122. The summed E-state index contributed by atoms with van der Waals surface area (Å²) in [6.45, 7) is 6.26. The predicted octanol–water partition coefficient (Wildman–Crippen LogP) is 5.09. The molecule has 2 aliphatic heterocycles. The van der Waals surface area contributed by atoms with Gasteiger partial charge in [0.2, 0.25) is 0 Å². The van der Waals surface area contributed by atoms with E-state index in [1.807, 2.05) is 25.1 Å². The lowest BCUT2D eigenvalue weighted by atomic mass is 10.0. The number of anilines is 1. The molecule has 2 aliphatic rings. The minimum Gasteiger partial charge on any atom is -0.357 e. The second-order valence-corrected chi connectivity index (χ2v) is 10.4. The zero-order valence-electron chi connectivity index (χ0n) is 19.1. The highest BCUT2D eigenvalue weighted by Gasteiger charge is 2.34. The second-order valence-electron chi connectivity index (χ2n) is 8.36. The number of amides is 1. The fourth-order valence-corrected chi connectivity index (χ4v) is 5.84. The minimum absolute atomic E-state index is 0.120. The monoisotopic (exact) mass is 512 g/mol. The van der Waals surface area contributed by atoms with Crippen molar-refractivity contribution in [3.63, 3.8) is 0 Å². The summed E-state index contributed by atoms with van der Waals surface area (Å²) in [6.07, 6.45) is 4.65. The van der Waals surface area contributed by atoms with Crippen LogP contribution in [0.4, 0.5) is 5.82 Å². The number of aromatic nitrogens is 1. The maximum absolute atomic E-state index is 13.4. The highest BCUT2D eigenvalue weighted by atomic mass is 35.5. The molecule has 9 heteroatoms. The number of carbonyl (C=O) groups excluding carboxylic acids is 1. The van der Waals surface area contributed by atoms with Crippen molar-refractivity contribution in [2.24, 2.45) is 0 Å². The Morgan fingerprint density at radius 1 is 1.24 bits per heavy atom. The average molecular weight is 513 g/mol. The lowest BCUT2D eigenvalue weighted by Crippen LogP contribution is -2.33. The number of hydrogen-bond acceptors (Lipinski definition) is 6. The average Bonchev–Trinajstić information content (AvgIpc) is 3.43. The zero-order valence-corrected chi connectivity index (χ0v) is 21.5. The summed E-state index contributed by atoms with van der Waals surface area (Å²) < 4.78 is 2.16. The van der Waals surface area contributed by atoms with Gasteiger partial charge in [0.15, 0.2) is 0 Å². The van der Waals surface area contributed by atoms with Crippen LogP contribution in [0.3, 0.4) is 0 Å². The normalized spacial score (nSPS) is 17.2. The van der Waals surface area contributed by atoms with Gasteiger partial charge < -0.3 is 4.90 Å². The van der Waals surface area contributed by atoms with Crippen molar-refractivity contribution in [2.45, 2.75) is 46.2 Å². The third kappa shape index (κ3) is 4.52. The van der Waals surface area contributed by atoms with Crippen molar-refractivity contribution in [3.05, 3.63) is 66.8 Å². The summed E-state index contributed by atoms with van der Waals surface area (Å²) in [7, 11) is 0. The van der Waals surface area contributed by atoms with Crippen LogP contribution in [0.5, 0.6) is 0 Å². The Balaban J connectivity index is 1.82. The first-order chi connectivity index (χ1) is 16.4. The van der Waals surface area contributed by atoms with E-state index in [1.54, 1.807) is 28.5 Å². The highest BCUT2D eigenvalue weighted by molar-refractivity contribution is 8.26. The third-order valence-corrected chi connectivity index (χ3v) is 7.88. The van der Waals surface area contributed by atoms with Gasteiger partial charge in [-0.2, -0.15) is 5.26 Å². The van der Waals surface area contributed by atoms with Crippen LogP contribution < -0.4 is 10.5 Å². The first-order valence-electron chi connectivity index (χ1n) is 11.3. The second kappa shape index (κ2) is 10.3. The number of hydrogen-bond donors (Lipinski definition) is 0. The van der Waals surface area contributed by atoms with E-state index in [9.17, 15) is 14.9 Å². The Bertz CT molecular complexity index is 1290. The third-order valence-electron chi connectivity index (χ3n) is 6.13. The van der Waals surface area contributed by atoms with Crippen LogP contribution in [-0.4, -0.2) is 32.8 Å². The lowest BCUT2D eigenvalue weighted by Gasteiger charge is -2.26. The standard InChI is InChI=1S/C25H25ClN4O2S2/c1-3-10-29-22(28-11-6-7-12-28)18(16(2)19(14-27)23(29)31)13-21-24(32)30(25(33)34-21)15-17-8-4-5-9-20(17)26/h4-5,8-9,13H,3,6-7,10-12,15H2,1-2H3. The Morgan fingerprint density at radius 2 is 1.94 bits per heavy atom. The summed E-state index contributed by atoms with van der Waals surface area (Å²) >= 11 is 13.1. The summed E-state index contributed by atoms with van der Waals surface area (Å²) in [5.74, 6) is 0.589. The zero-order chi connectivity index (χ0) is 24.4. The van der Waals surface area contributed by atoms with Gasteiger partial charge in [-0.05, 0) is 49.5 Å². The molecule has 2 fully saturated rings. The van der Waals surface area contributed by atoms with Crippen LogP contribution in [0, 0.1) is 18.3 Å². The summed E-state index contributed by atoms with van der Waals surface area (Å²) in [4.78, 5) is 30.8. The topological polar surface area (TPSA) is 69.3 Å². The highest BCUT2D eigenvalue weighted by Crippen LogP contribution is 2.37. The number of thiocarbonyl (C=S) groups is 1. The van der Waals surface area contributed by atoms with E-state index < -0.39 is 0 Å². The first-order valence-corrected chi connectivity index (χ1v) is 12.9. The molecule has 1 aromatic carbocycles. The van der Waals surface area contributed by atoms with Crippen LogP contribution in [0.2, 0.25) is 5.02 Å². The van der Waals surface area contributed by atoms with Gasteiger partial charge in [-0.25, -0.2) is 0 Å². The van der Waals surface area contributed by atoms with E-state index in [1.165, 1.54) is 11.8 Å². The Labute approximate surface area is 213 Å². The number of nitriles is 1. The molecule has 0 aliphatic carbocycles. The summed E-state index contributed by atoms with van der Waals surface area (Å²) in [5, 5.41) is 10.3. The molecule has 2 aromatic rings. The molecule has 1 aromatic heterocycles. The van der Waals surface area contributed by atoms with Crippen molar-refractivity contribution in [1.29, 1.82) is 5.26 Å². The quantitative estimate of drug-likeness (QED) is 0.396. The van der Waals surface area contributed by atoms with Crippen molar-refractivity contribution >= 4 is 57.7 Å². The molecule has 0 atom stereocenters. The first kappa shape index (κ1) is 24.5. The smallest absolute Gasteiger partial charge is 0.270 e. The Kier molecular flexibility index (Phi) is 7.46. The van der Waals surface area contributed by atoms with Gasteiger partial charge in [0.1, 0.15) is 21.8 Å². The molecule has 1 amide bonds. The summed E-state index contributed by atoms with van der Waals surface area (Å²) in [5.41, 5.74) is 2.00. The van der Waals surface area contributed by atoms with Gasteiger partial charge in [0.25, 0.3) is 11.5 Å². The van der Waals surface area contributed by atoms with Gasteiger partial charge in [-0.1, -0.05) is 60.7 Å². The Hall–Kier alpha value is -2.60. The number of nitrogens with zero attached hydrogens (tertiary/aromatic N) is 4.